The molecule has 0 bridgehead atoms. The molecule has 1 heterocycles. The molecule has 0 saturated heterocycles. The van der Waals surface area contributed by atoms with Crippen LogP contribution in [-0.4, -0.2) is 35.9 Å². The van der Waals surface area contributed by atoms with Gasteiger partial charge in [0.25, 0.3) is 5.91 Å². The third-order valence-electron chi connectivity index (χ3n) is 3.60. The Kier molecular flexibility index (Phi) is 5.27. The van der Waals surface area contributed by atoms with Crippen LogP contribution in [0.1, 0.15) is 37.7 Å². The van der Waals surface area contributed by atoms with Crippen molar-refractivity contribution in [2.24, 2.45) is 0 Å². The van der Waals surface area contributed by atoms with Gasteiger partial charge in [-0.3, -0.25) is 4.79 Å². The number of carbonyl (C=O) groups is 2. The summed E-state index contributed by atoms with van der Waals surface area (Å²) in [6, 6.07) is 12.1. The maximum atomic E-state index is 12.5. The van der Waals surface area contributed by atoms with Gasteiger partial charge in [-0.1, -0.05) is 18.2 Å². The summed E-state index contributed by atoms with van der Waals surface area (Å²) in [4.78, 5) is 30.0. The van der Waals surface area contributed by atoms with Crippen molar-refractivity contribution < 1.29 is 14.3 Å². The van der Waals surface area contributed by atoms with E-state index < -0.39 is 5.97 Å². The minimum atomic E-state index is -0.446. The van der Waals surface area contributed by atoms with E-state index in [1.54, 1.807) is 44.3 Å². The number of carbonyl (C=O) groups excluding carboxylic acids is 2. The number of rotatable bonds is 4. The first-order valence-corrected chi connectivity index (χ1v) is 7.27. The molecule has 1 aromatic heterocycles. The molecule has 0 aliphatic rings. The van der Waals surface area contributed by atoms with Crippen LogP contribution in [0.5, 0.6) is 0 Å². The fourth-order valence-corrected chi connectivity index (χ4v) is 2.29. The Balaban J connectivity index is 2.23. The number of nitrogens with zero attached hydrogens (tertiary/aromatic N) is 3. The molecule has 0 spiro atoms. The molecular weight excluding hydrogens is 306 g/mol. The number of hydrogen-bond acceptors (Lipinski definition) is 5. The topological polar surface area (TPSA) is 83.3 Å². The van der Waals surface area contributed by atoms with Gasteiger partial charge in [-0.2, -0.15) is 5.26 Å². The minimum absolute atomic E-state index is 0.241. The standard InChI is InChI=1S/C18H17N3O3/c1-12-13(10-19)8-9-16(20-12)17(22)21(2)11-14-6-4-5-7-15(14)18(23)24-3/h4-9H,11H2,1-3H3. The maximum absolute atomic E-state index is 12.5. The second-order valence-corrected chi connectivity index (χ2v) is 5.25. The number of aryl methyl sites for hydroxylation is 1. The third-order valence-corrected chi connectivity index (χ3v) is 3.60. The zero-order chi connectivity index (χ0) is 17.7. The molecule has 0 fully saturated rings. The first-order chi connectivity index (χ1) is 11.5. The van der Waals surface area contributed by atoms with Crippen molar-refractivity contribution in [2.75, 3.05) is 14.2 Å². The van der Waals surface area contributed by atoms with Crippen LogP contribution in [0.4, 0.5) is 0 Å². The molecule has 6 nitrogen and oxygen atoms in total. The highest BCUT2D eigenvalue weighted by molar-refractivity contribution is 5.93. The van der Waals surface area contributed by atoms with E-state index in [0.29, 0.717) is 22.4 Å². The zero-order valence-corrected chi connectivity index (χ0v) is 13.7. The molecule has 0 aliphatic carbocycles. The summed E-state index contributed by atoms with van der Waals surface area (Å²) in [5, 5.41) is 8.93. The Morgan fingerprint density at radius 2 is 1.96 bits per heavy atom. The highest BCUT2D eigenvalue weighted by Gasteiger charge is 2.18. The van der Waals surface area contributed by atoms with Gasteiger partial charge in [0.1, 0.15) is 11.8 Å². The van der Waals surface area contributed by atoms with Gasteiger partial charge in [-0.25, -0.2) is 9.78 Å². The first-order valence-electron chi connectivity index (χ1n) is 7.27. The maximum Gasteiger partial charge on any atom is 0.338 e. The molecule has 0 unspecified atom stereocenters. The fourth-order valence-electron chi connectivity index (χ4n) is 2.29. The van der Waals surface area contributed by atoms with E-state index in [2.05, 4.69) is 4.98 Å². The summed E-state index contributed by atoms with van der Waals surface area (Å²) in [5.41, 5.74) is 2.30. The van der Waals surface area contributed by atoms with E-state index in [1.807, 2.05) is 6.07 Å². The van der Waals surface area contributed by atoms with E-state index in [1.165, 1.54) is 18.1 Å². The molecule has 0 aliphatic heterocycles. The van der Waals surface area contributed by atoms with Crippen LogP contribution in [0.3, 0.4) is 0 Å². The van der Waals surface area contributed by atoms with E-state index >= 15 is 0 Å². The molecular formula is C18H17N3O3. The number of amides is 1. The average Bonchev–Trinajstić information content (AvgIpc) is 2.60. The Morgan fingerprint density at radius 1 is 1.25 bits per heavy atom. The van der Waals surface area contributed by atoms with Crippen molar-refractivity contribution >= 4 is 11.9 Å². The Morgan fingerprint density at radius 3 is 2.58 bits per heavy atom. The minimum Gasteiger partial charge on any atom is -0.465 e. The van der Waals surface area contributed by atoms with Gasteiger partial charge >= 0.3 is 5.97 Å². The molecule has 122 valence electrons. The summed E-state index contributed by atoms with van der Waals surface area (Å²) < 4.78 is 4.76. The number of hydrogen-bond donors (Lipinski definition) is 0. The lowest BCUT2D eigenvalue weighted by molar-refractivity contribution is 0.0595. The molecule has 0 atom stereocenters. The summed E-state index contributed by atoms with van der Waals surface area (Å²) in [6.45, 7) is 1.92. The van der Waals surface area contributed by atoms with Crippen molar-refractivity contribution in [3.05, 3.63) is 64.5 Å². The van der Waals surface area contributed by atoms with Gasteiger partial charge in [-0.05, 0) is 30.7 Å². The number of pyridine rings is 1. The molecule has 1 amide bonds. The number of aromatic nitrogens is 1. The first kappa shape index (κ1) is 17.2. The molecule has 2 rings (SSSR count). The zero-order valence-electron chi connectivity index (χ0n) is 13.7. The smallest absolute Gasteiger partial charge is 0.338 e. The molecule has 6 heteroatoms. The molecule has 24 heavy (non-hydrogen) atoms. The van der Waals surface area contributed by atoms with Crippen molar-refractivity contribution in [2.45, 2.75) is 13.5 Å². The van der Waals surface area contributed by atoms with E-state index in [0.717, 1.165) is 0 Å². The Hall–Kier alpha value is -3.20. The van der Waals surface area contributed by atoms with Crippen molar-refractivity contribution in [3.63, 3.8) is 0 Å². The summed E-state index contributed by atoms with van der Waals surface area (Å²) in [7, 11) is 2.95. The van der Waals surface area contributed by atoms with E-state index in [4.69, 9.17) is 10.00 Å². The van der Waals surface area contributed by atoms with Crippen LogP contribution in [0.2, 0.25) is 0 Å². The average molecular weight is 323 g/mol. The normalized spacial score (nSPS) is 9.92. The predicted molar refractivity (Wildman–Crippen MR) is 87.3 cm³/mol. The lowest BCUT2D eigenvalue weighted by Gasteiger charge is -2.18. The quantitative estimate of drug-likeness (QED) is 0.806. The molecule has 0 saturated carbocycles. The van der Waals surface area contributed by atoms with Gasteiger partial charge in [0.15, 0.2) is 0 Å². The van der Waals surface area contributed by atoms with Crippen molar-refractivity contribution in [1.82, 2.24) is 9.88 Å². The highest BCUT2D eigenvalue weighted by atomic mass is 16.5. The molecule has 2 aromatic rings. The second kappa shape index (κ2) is 7.38. The molecule has 1 aromatic carbocycles. The number of esters is 1. The Bertz CT molecular complexity index is 824. The van der Waals surface area contributed by atoms with Crippen LogP contribution in [0, 0.1) is 18.3 Å². The van der Waals surface area contributed by atoms with E-state index in [9.17, 15) is 9.59 Å². The molecule has 0 radical (unpaired) electrons. The van der Waals surface area contributed by atoms with Crippen LogP contribution >= 0.6 is 0 Å². The van der Waals surface area contributed by atoms with Crippen LogP contribution in [0.25, 0.3) is 0 Å². The van der Waals surface area contributed by atoms with E-state index in [-0.39, 0.29) is 18.1 Å². The largest absolute Gasteiger partial charge is 0.465 e. The summed E-state index contributed by atoms with van der Waals surface area (Å²) in [5.74, 6) is -0.735. The highest BCUT2D eigenvalue weighted by Crippen LogP contribution is 2.14. The lowest BCUT2D eigenvalue weighted by atomic mass is 10.1. The van der Waals surface area contributed by atoms with Crippen LogP contribution < -0.4 is 0 Å². The van der Waals surface area contributed by atoms with Gasteiger partial charge < -0.3 is 9.64 Å². The van der Waals surface area contributed by atoms with Crippen LogP contribution in [0.15, 0.2) is 36.4 Å². The fraction of sp³-hybridized carbons (Fsp3) is 0.222. The lowest BCUT2D eigenvalue weighted by Crippen LogP contribution is -2.28. The van der Waals surface area contributed by atoms with Crippen molar-refractivity contribution in [1.29, 1.82) is 5.26 Å². The van der Waals surface area contributed by atoms with Gasteiger partial charge in [0, 0.05) is 13.6 Å². The third kappa shape index (κ3) is 3.58. The van der Waals surface area contributed by atoms with Gasteiger partial charge in [0.05, 0.1) is 23.9 Å². The second-order valence-electron chi connectivity index (χ2n) is 5.25. The predicted octanol–water partition coefficient (Wildman–Crippen LogP) is 2.32. The monoisotopic (exact) mass is 323 g/mol. The number of methoxy groups -OCH3 is 1. The molecule has 0 N–H and O–H groups in total. The summed E-state index contributed by atoms with van der Waals surface area (Å²) in [6.07, 6.45) is 0. The van der Waals surface area contributed by atoms with Crippen LogP contribution in [-0.2, 0) is 11.3 Å². The number of benzene rings is 1. The summed E-state index contributed by atoms with van der Waals surface area (Å²) >= 11 is 0. The van der Waals surface area contributed by atoms with Crippen molar-refractivity contribution in [3.8, 4) is 6.07 Å². The Labute approximate surface area is 140 Å². The SMILES string of the molecule is COC(=O)c1ccccc1CN(C)C(=O)c1ccc(C#N)c(C)n1. The van der Waals surface area contributed by atoms with Gasteiger partial charge in [0.2, 0.25) is 0 Å². The van der Waals surface area contributed by atoms with Gasteiger partial charge in [-0.15, -0.1) is 0 Å². The number of ether oxygens (including phenoxy) is 1. The number of nitriles is 1.